The molecule has 0 saturated heterocycles. The van der Waals surface area contributed by atoms with E-state index in [1.807, 2.05) is 0 Å². The van der Waals surface area contributed by atoms with E-state index in [0.717, 1.165) is 0 Å². The number of carboxylic acids is 1. The number of H-pyrrole nitrogens is 2. The van der Waals surface area contributed by atoms with Gasteiger partial charge in [0.1, 0.15) is 11.1 Å². The number of benzene rings is 1. The fraction of sp³-hybridized carbons (Fsp3) is 0.409. The van der Waals surface area contributed by atoms with Crippen molar-refractivity contribution in [1.82, 2.24) is 15.3 Å². The Labute approximate surface area is 199 Å². The molecule has 2 unspecified atom stereocenters. The van der Waals surface area contributed by atoms with Gasteiger partial charge < -0.3 is 25.1 Å². The van der Waals surface area contributed by atoms with Gasteiger partial charge in [-0.15, -0.1) is 0 Å². The summed E-state index contributed by atoms with van der Waals surface area (Å²) in [5, 5.41) is 11.7. The molecule has 12 heteroatoms. The molecule has 2 aromatic heterocycles. The Balaban J connectivity index is 1.71. The molecule has 1 aliphatic rings. The number of amides is 1. The first-order valence-corrected chi connectivity index (χ1v) is 12.5. The highest BCUT2D eigenvalue weighted by molar-refractivity contribution is 7.92. The zero-order valence-electron chi connectivity index (χ0n) is 18.7. The van der Waals surface area contributed by atoms with Crippen LogP contribution in [0.4, 0.5) is 4.79 Å². The molecule has 3 aromatic rings. The number of halogens is 1. The van der Waals surface area contributed by atoms with Crippen molar-refractivity contribution in [3.63, 3.8) is 0 Å². The van der Waals surface area contributed by atoms with Crippen LogP contribution in [0.15, 0.2) is 28.0 Å². The molecule has 4 N–H and O–H groups in total. The summed E-state index contributed by atoms with van der Waals surface area (Å²) in [5.74, 6) is -1.26. The highest BCUT2D eigenvalue weighted by Crippen LogP contribution is 2.37. The smallest absolute Gasteiger partial charge is 0.407 e. The number of hydrogen-bond acceptors (Lipinski definition) is 6. The summed E-state index contributed by atoms with van der Waals surface area (Å²) >= 11 is 6.32. The lowest BCUT2D eigenvalue weighted by molar-refractivity contribution is 0.0505. The predicted molar refractivity (Wildman–Crippen MR) is 126 cm³/mol. The van der Waals surface area contributed by atoms with E-state index >= 15 is 0 Å². The van der Waals surface area contributed by atoms with E-state index in [4.69, 9.17) is 16.3 Å². The van der Waals surface area contributed by atoms with E-state index < -0.39 is 38.3 Å². The lowest BCUT2D eigenvalue weighted by atomic mass is 10.1. The molecule has 1 saturated carbocycles. The normalized spacial score (nSPS) is 18.9. The van der Waals surface area contributed by atoms with Gasteiger partial charge in [-0.3, -0.25) is 4.79 Å². The molecule has 2 heterocycles. The molecule has 2 atom stereocenters. The SMILES string of the molecule is CC(C)(C)OC(=O)NC1CCC(S(=O)(=O)c2cc3c(cc2Cl)[nH]c(=O)c2[nH]cc(C(=O)O)c23)C1. The van der Waals surface area contributed by atoms with Crippen LogP contribution in [0, 0.1) is 0 Å². The minimum atomic E-state index is -3.93. The Morgan fingerprint density at radius 1 is 1.24 bits per heavy atom. The molecule has 4 rings (SSSR count). The van der Waals surface area contributed by atoms with Crippen LogP contribution in [0.25, 0.3) is 21.8 Å². The van der Waals surface area contributed by atoms with Crippen molar-refractivity contribution in [2.75, 3.05) is 0 Å². The van der Waals surface area contributed by atoms with Crippen molar-refractivity contribution in [2.24, 2.45) is 0 Å². The van der Waals surface area contributed by atoms with Crippen LogP contribution < -0.4 is 10.9 Å². The number of fused-ring (bicyclic) bond motifs is 3. The van der Waals surface area contributed by atoms with Crippen LogP contribution >= 0.6 is 11.6 Å². The number of nitrogens with one attached hydrogen (secondary N) is 3. The van der Waals surface area contributed by atoms with Crippen molar-refractivity contribution in [1.29, 1.82) is 0 Å². The third-order valence-electron chi connectivity index (χ3n) is 5.78. The summed E-state index contributed by atoms with van der Waals surface area (Å²) in [4.78, 5) is 41.2. The molecule has 0 aliphatic heterocycles. The van der Waals surface area contributed by atoms with Crippen LogP contribution in [0.1, 0.15) is 50.4 Å². The Morgan fingerprint density at radius 3 is 2.59 bits per heavy atom. The van der Waals surface area contributed by atoms with Crippen LogP contribution in [0.3, 0.4) is 0 Å². The minimum absolute atomic E-state index is 0.0260. The second kappa shape index (κ2) is 8.31. The van der Waals surface area contributed by atoms with Gasteiger partial charge >= 0.3 is 12.1 Å². The van der Waals surface area contributed by atoms with Crippen molar-refractivity contribution >= 4 is 55.3 Å². The number of alkyl carbamates (subject to hydrolysis) is 1. The largest absolute Gasteiger partial charge is 0.478 e. The number of sulfone groups is 1. The first kappa shape index (κ1) is 24.1. The molecule has 0 radical (unpaired) electrons. The van der Waals surface area contributed by atoms with E-state index in [1.54, 1.807) is 20.8 Å². The van der Waals surface area contributed by atoms with Gasteiger partial charge in [0.15, 0.2) is 9.84 Å². The number of rotatable bonds is 4. The second-order valence-electron chi connectivity index (χ2n) is 9.36. The number of carbonyl (C=O) groups is 2. The van der Waals surface area contributed by atoms with Crippen LogP contribution in [0.2, 0.25) is 5.02 Å². The van der Waals surface area contributed by atoms with Gasteiger partial charge in [0.25, 0.3) is 5.56 Å². The van der Waals surface area contributed by atoms with Crippen LogP contribution in [-0.4, -0.2) is 52.4 Å². The number of aromatic carboxylic acids is 1. The fourth-order valence-corrected chi connectivity index (χ4v) is 6.71. The maximum absolute atomic E-state index is 13.5. The average molecular weight is 510 g/mol. The third kappa shape index (κ3) is 4.37. The number of ether oxygens (including phenoxy) is 1. The molecule has 182 valence electrons. The highest BCUT2D eigenvalue weighted by atomic mass is 35.5. The first-order valence-electron chi connectivity index (χ1n) is 10.6. The molecule has 1 aromatic carbocycles. The Kier molecular flexibility index (Phi) is 5.89. The van der Waals surface area contributed by atoms with Crippen molar-refractivity contribution in [2.45, 2.75) is 61.8 Å². The average Bonchev–Trinajstić information content (AvgIpc) is 3.34. The molecule has 1 aliphatic carbocycles. The predicted octanol–water partition coefficient (Wildman–Crippen LogP) is 3.58. The van der Waals surface area contributed by atoms with E-state index in [-0.39, 0.29) is 49.8 Å². The lowest BCUT2D eigenvalue weighted by Crippen LogP contribution is -2.38. The number of pyridine rings is 1. The third-order valence-corrected chi connectivity index (χ3v) is 8.46. The summed E-state index contributed by atoms with van der Waals surface area (Å²) in [7, 11) is -3.93. The minimum Gasteiger partial charge on any atom is -0.478 e. The van der Waals surface area contributed by atoms with Gasteiger partial charge in [0, 0.05) is 23.0 Å². The Bertz CT molecular complexity index is 1480. The van der Waals surface area contributed by atoms with E-state index in [9.17, 15) is 27.9 Å². The van der Waals surface area contributed by atoms with Crippen LogP contribution in [0.5, 0.6) is 0 Å². The molecule has 0 spiro atoms. The summed E-state index contributed by atoms with van der Waals surface area (Å²) in [6.45, 7) is 5.21. The van der Waals surface area contributed by atoms with Crippen molar-refractivity contribution in [3.8, 4) is 0 Å². The summed E-state index contributed by atoms with van der Waals surface area (Å²) in [6, 6.07) is 2.25. The molecular formula is C22H24ClN3O7S. The van der Waals surface area contributed by atoms with Crippen molar-refractivity contribution in [3.05, 3.63) is 39.3 Å². The number of hydrogen-bond donors (Lipinski definition) is 4. The standard InChI is InChI=1S/C22H24ClN3O7S/c1-22(2,3)33-21(30)25-10-4-5-11(6-10)34(31,32)16-7-12-15(8-14(16)23)26-19(27)18-17(12)13(9-24-18)20(28)29/h7-11,24H,4-6H2,1-3H3,(H,25,30)(H,26,27)(H,28,29). The monoisotopic (exact) mass is 509 g/mol. The fourth-order valence-electron chi connectivity index (χ4n) is 4.32. The van der Waals surface area contributed by atoms with Gasteiger partial charge in [0.2, 0.25) is 0 Å². The number of carboxylic acid groups (broad SMARTS) is 1. The van der Waals surface area contributed by atoms with Gasteiger partial charge in [-0.2, -0.15) is 0 Å². The molecule has 34 heavy (non-hydrogen) atoms. The lowest BCUT2D eigenvalue weighted by Gasteiger charge is -2.21. The van der Waals surface area contributed by atoms with Gasteiger partial charge in [-0.25, -0.2) is 18.0 Å². The van der Waals surface area contributed by atoms with E-state index in [0.29, 0.717) is 12.8 Å². The molecular weight excluding hydrogens is 486 g/mol. The van der Waals surface area contributed by atoms with Gasteiger partial charge in [-0.1, -0.05) is 11.6 Å². The number of carbonyl (C=O) groups excluding carboxylic acids is 1. The maximum atomic E-state index is 13.5. The maximum Gasteiger partial charge on any atom is 0.407 e. The number of aromatic nitrogens is 2. The van der Waals surface area contributed by atoms with Gasteiger partial charge in [-0.05, 0) is 52.2 Å². The summed E-state index contributed by atoms with van der Waals surface area (Å²) in [6.07, 6.45) is 1.52. The van der Waals surface area contributed by atoms with E-state index in [1.165, 1.54) is 18.3 Å². The molecule has 0 bridgehead atoms. The van der Waals surface area contributed by atoms with E-state index in [2.05, 4.69) is 15.3 Å². The highest BCUT2D eigenvalue weighted by Gasteiger charge is 2.38. The molecule has 1 amide bonds. The molecule has 10 nitrogen and oxygen atoms in total. The quantitative estimate of drug-likeness (QED) is 0.418. The summed E-state index contributed by atoms with van der Waals surface area (Å²) in [5.41, 5.74) is -1.13. The second-order valence-corrected chi connectivity index (χ2v) is 12.0. The number of aromatic amines is 2. The van der Waals surface area contributed by atoms with Gasteiger partial charge in [0.05, 0.1) is 26.2 Å². The zero-order chi connectivity index (χ0) is 25.0. The van der Waals surface area contributed by atoms with Crippen LogP contribution in [-0.2, 0) is 14.6 Å². The molecule has 1 fully saturated rings. The zero-order valence-corrected chi connectivity index (χ0v) is 20.3. The summed E-state index contributed by atoms with van der Waals surface area (Å²) < 4.78 is 32.2. The first-order chi connectivity index (χ1) is 15.8. The topological polar surface area (TPSA) is 158 Å². The van der Waals surface area contributed by atoms with Crippen molar-refractivity contribution < 1.29 is 27.9 Å². The Morgan fingerprint density at radius 2 is 1.94 bits per heavy atom. The Hall–Kier alpha value is -3.05.